The van der Waals surface area contributed by atoms with E-state index in [0.717, 1.165) is 31.9 Å². The zero-order chi connectivity index (χ0) is 16.2. The standard InChI is InChI=1S/C17H25NO3S/c1-13(22(2,20)21)17(19)18-16-11-7-6-10-15(16)12-14-8-4-3-5-9-14/h3-5,8-9,13,15-16H,6-7,10-12H2,1-2H3,(H,18,19). The van der Waals surface area contributed by atoms with Crippen molar-refractivity contribution in [1.82, 2.24) is 5.32 Å². The predicted octanol–water partition coefficient (Wildman–Crippen LogP) is 2.34. The molecule has 3 unspecified atom stereocenters. The van der Waals surface area contributed by atoms with Crippen LogP contribution in [-0.2, 0) is 21.1 Å². The first kappa shape index (κ1) is 17.0. The van der Waals surface area contributed by atoms with Crippen LogP contribution in [0.2, 0.25) is 0 Å². The zero-order valence-corrected chi connectivity index (χ0v) is 14.1. The molecular weight excluding hydrogens is 298 g/mol. The van der Waals surface area contributed by atoms with Gasteiger partial charge in [0.15, 0.2) is 9.84 Å². The van der Waals surface area contributed by atoms with E-state index in [-0.39, 0.29) is 11.9 Å². The molecule has 2 rings (SSSR count). The Labute approximate surface area is 133 Å². The van der Waals surface area contributed by atoms with Gasteiger partial charge in [-0.1, -0.05) is 43.2 Å². The molecule has 0 radical (unpaired) electrons. The normalized spacial score (nSPS) is 23.7. The van der Waals surface area contributed by atoms with E-state index in [1.807, 2.05) is 18.2 Å². The number of amides is 1. The van der Waals surface area contributed by atoms with Crippen LogP contribution < -0.4 is 5.32 Å². The molecule has 1 N–H and O–H groups in total. The Balaban J connectivity index is 2.02. The number of hydrogen-bond donors (Lipinski definition) is 1. The van der Waals surface area contributed by atoms with E-state index in [0.29, 0.717) is 5.92 Å². The smallest absolute Gasteiger partial charge is 0.238 e. The van der Waals surface area contributed by atoms with Crippen molar-refractivity contribution >= 4 is 15.7 Å². The molecule has 0 spiro atoms. The Morgan fingerprint density at radius 1 is 1.23 bits per heavy atom. The highest BCUT2D eigenvalue weighted by Gasteiger charge is 2.30. The second-order valence-corrected chi connectivity index (χ2v) is 8.69. The maximum Gasteiger partial charge on any atom is 0.238 e. The molecule has 3 atom stereocenters. The highest BCUT2D eigenvalue weighted by molar-refractivity contribution is 7.92. The SMILES string of the molecule is CC(C(=O)NC1CCCCC1Cc1ccccc1)S(C)(=O)=O. The van der Waals surface area contributed by atoms with Crippen molar-refractivity contribution in [3.63, 3.8) is 0 Å². The fraction of sp³-hybridized carbons (Fsp3) is 0.588. The van der Waals surface area contributed by atoms with Crippen molar-refractivity contribution in [1.29, 1.82) is 0 Å². The maximum atomic E-state index is 12.2. The second-order valence-electron chi connectivity index (χ2n) is 6.32. The van der Waals surface area contributed by atoms with Gasteiger partial charge in [-0.05, 0) is 37.7 Å². The Kier molecular flexibility index (Phi) is 5.62. The van der Waals surface area contributed by atoms with Crippen LogP contribution >= 0.6 is 0 Å². The van der Waals surface area contributed by atoms with E-state index in [1.165, 1.54) is 18.9 Å². The molecule has 122 valence electrons. The molecule has 0 saturated heterocycles. The molecule has 1 aliphatic rings. The van der Waals surface area contributed by atoms with Gasteiger partial charge in [-0.25, -0.2) is 8.42 Å². The van der Waals surface area contributed by atoms with Gasteiger partial charge in [-0.2, -0.15) is 0 Å². The number of carbonyl (C=O) groups excluding carboxylic acids is 1. The third kappa shape index (κ3) is 4.57. The molecule has 4 nitrogen and oxygen atoms in total. The van der Waals surface area contributed by atoms with Crippen molar-refractivity contribution in [2.24, 2.45) is 5.92 Å². The summed E-state index contributed by atoms with van der Waals surface area (Å²) in [5, 5.41) is 2.00. The molecule has 1 saturated carbocycles. The molecule has 0 bridgehead atoms. The van der Waals surface area contributed by atoms with Gasteiger partial charge >= 0.3 is 0 Å². The number of sulfone groups is 1. The monoisotopic (exact) mass is 323 g/mol. The van der Waals surface area contributed by atoms with Gasteiger partial charge in [-0.3, -0.25) is 4.79 Å². The summed E-state index contributed by atoms with van der Waals surface area (Å²) in [6.07, 6.45) is 6.31. The van der Waals surface area contributed by atoms with Crippen molar-refractivity contribution in [2.75, 3.05) is 6.26 Å². The van der Waals surface area contributed by atoms with E-state index in [9.17, 15) is 13.2 Å². The van der Waals surface area contributed by atoms with Crippen molar-refractivity contribution in [3.8, 4) is 0 Å². The summed E-state index contributed by atoms with van der Waals surface area (Å²) in [5.74, 6) is 0.0133. The Bertz CT molecular complexity index is 598. The summed E-state index contributed by atoms with van der Waals surface area (Å²) in [7, 11) is -3.34. The van der Waals surface area contributed by atoms with E-state index >= 15 is 0 Å². The summed E-state index contributed by atoms with van der Waals surface area (Å²) in [6.45, 7) is 1.46. The van der Waals surface area contributed by atoms with Crippen molar-refractivity contribution in [2.45, 2.75) is 50.3 Å². The molecule has 0 heterocycles. The topological polar surface area (TPSA) is 63.2 Å². The van der Waals surface area contributed by atoms with E-state index in [4.69, 9.17) is 0 Å². The van der Waals surface area contributed by atoms with Crippen LogP contribution in [0.15, 0.2) is 30.3 Å². The average Bonchev–Trinajstić information content (AvgIpc) is 2.48. The predicted molar refractivity (Wildman–Crippen MR) is 88.3 cm³/mol. The van der Waals surface area contributed by atoms with Gasteiger partial charge in [-0.15, -0.1) is 0 Å². The quantitative estimate of drug-likeness (QED) is 0.904. The van der Waals surface area contributed by atoms with Crippen LogP contribution in [0.3, 0.4) is 0 Å². The molecule has 1 aromatic rings. The van der Waals surface area contributed by atoms with Crippen LogP contribution in [0.25, 0.3) is 0 Å². The molecule has 22 heavy (non-hydrogen) atoms. The van der Waals surface area contributed by atoms with Crippen molar-refractivity contribution < 1.29 is 13.2 Å². The first-order chi connectivity index (χ1) is 10.4. The highest BCUT2D eigenvalue weighted by Crippen LogP contribution is 2.27. The lowest BCUT2D eigenvalue weighted by Crippen LogP contribution is -2.47. The molecule has 0 aliphatic heterocycles. The molecule has 1 fully saturated rings. The fourth-order valence-electron chi connectivity index (χ4n) is 3.05. The summed E-state index contributed by atoms with van der Waals surface area (Å²) >= 11 is 0. The molecular formula is C17H25NO3S. The lowest BCUT2D eigenvalue weighted by Gasteiger charge is -2.33. The fourth-order valence-corrected chi connectivity index (χ4v) is 3.51. The maximum absolute atomic E-state index is 12.2. The third-order valence-electron chi connectivity index (χ3n) is 4.59. The summed E-state index contributed by atoms with van der Waals surface area (Å²) in [6, 6.07) is 10.3. The molecule has 1 aliphatic carbocycles. The van der Waals surface area contributed by atoms with Crippen molar-refractivity contribution in [3.05, 3.63) is 35.9 Å². The largest absolute Gasteiger partial charge is 0.352 e. The van der Waals surface area contributed by atoms with Gasteiger partial charge in [0.05, 0.1) is 0 Å². The number of rotatable bonds is 5. The first-order valence-corrected chi connectivity index (χ1v) is 9.86. The van der Waals surface area contributed by atoms with Gasteiger partial charge < -0.3 is 5.32 Å². The van der Waals surface area contributed by atoms with Gasteiger partial charge in [0.2, 0.25) is 5.91 Å². The Hall–Kier alpha value is -1.36. The summed E-state index contributed by atoms with van der Waals surface area (Å²) < 4.78 is 23.1. The summed E-state index contributed by atoms with van der Waals surface area (Å²) in [5.41, 5.74) is 1.27. The van der Waals surface area contributed by atoms with E-state index < -0.39 is 15.1 Å². The first-order valence-electron chi connectivity index (χ1n) is 7.91. The third-order valence-corrected chi connectivity index (χ3v) is 6.09. The molecule has 0 aromatic heterocycles. The average molecular weight is 323 g/mol. The lowest BCUT2D eigenvalue weighted by molar-refractivity contribution is -0.121. The van der Waals surface area contributed by atoms with Crippen LogP contribution in [0.5, 0.6) is 0 Å². The minimum absolute atomic E-state index is 0.0747. The minimum Gasteiger partial charge on any atom is -0.352 e. The van der Waals surface area contributed by atoms with Gasteiger partial charge in [0.25, 0.3) is 0 Å². The van der Waals surface area contributed by atoms with E-state index in [1.54, 1.807) is 0 Å². The number of hydrogen-bond acceptors (Lipinski definition) is 3. The Morgan fingerprint density at radius 2 is 1.86 bits per heavy atom. The highest BCUT2D eigenvalue weighted by atomic mass is 32.2. The van der Waals surface area contributed by atoms with Gasteiger partial charge in [0, 0.05) is 12.3 Å². The molecule has 1 amide bonds. The number of carbonyl (C=O) groups is 1. The zero-order valence-electron chi connectivity index (χ0n) is 13.3. The summed E-state index contributed by atoms with van der Waals surface area (Å²) in [4.78, 5) is 12.2. The van der Waals surface area contributed by atoms with Crippen LogP contribution in [-0.4, -0.2) is 31.9 Å². The van der Waals surface area contributed by atoms with E-state index in [2.05, 4.69) is 17.4 Å². The second kappa shape index (κ2) is 7.27. The minimum atomic E-state index is -3.34. The van der Waals surface area contributed by atoms with Crippen LogP contribution in [0.4, 0.5) is 0 Å². The lowest BCUT2D eigenvalue weighted by atomic mass is 9.80. The Morgan fingerprint density at radius 3 is 2.50 bits per heavy atom. The molecule has 1 aromatic carbocycles. The number of benzene rings is 1. The van der Waals surface area contributed by atoms with Gasteiger partial charge in [0.1, 0.15) is 5.25 Å². The molecule has 5 heteroatoms. The van der Waals surface area contributed by atoms with Crippen LogP contribution in [0, 0.1) is 5.92 Å². The number of nitrogens with one attached hydrogen (secondary N) is 1. The van der Waals surface area contributed by atoms with Crippen LogP contribution in [0.1, 0.15) is 38.2 Å².